The molecule has 1 N–H and O–H groups in total. The second-order valence-electron chi connectivity index (χ2n) is 7.58. The Balaban J connectivity index is 1.78. The number of anilines is 1. The van der Waals surface area contributed by atoms with Crippen LogP contribution in [0.3, 0.4) is 0 Å². The lowest BCUT2D eigenvalue weighted by Crippen LogP contribution is -2.55. The summed E-state index contributed by atoms with van der Waals surface area (Å²) in [6.07, 6.45) is 0. The first-order valence-electron chi connectivity index (χ1n) is 9.73. The zero-order chi connectivity index (χ0) is 22.9. The molecule has 1 aromatic rings. The summed E-state index contributed by atoms with van der Waals surface area (Å²) < 4.78 is 1.35. The molecule has 2 heterocycles. The summed E-state index contributed by atoms with van der Waals surface area (Å²) in [6, 6.07) is 6.15. The zero-order valence-corrected chi connectivity index (χ0v) is 18.8. The number of amidine groups is 2. The number of Topliss-reactive ketones (excluding diaryl/α,β-unsaturated/α-hetero) is 1. The van der Waals surface area contributed by atoms with Gasteiger partial charge >= 0.3 is 11.9 Å². The number of carbonyl (C=O) groups excluding carboxylic acids is 4. The third-order valence-corrected chi connectivity index (χ3v) is 5.93. The Morgan fingerprint density at radius 2 is 1.84 bits per heavy atom. The minimum Gasteiger partial charge on any atom is -0.325 e. The van der Waals surface area contributed by atoms with Crippen molar-refractivity contribution in [3.63, 3.8) is 0 Å². The number of amides is 4. The van der Waals surface area contributed by atoms with Crippen molar-refractivity contribution in [2.45, 2.75) is 20.8 Å². The summed E-state index contributed by atoms with van der Waals surface area (Å²) in [6.45, 7) is 5.31. The van der Waals surface area contributed by atoms with Crippen molar-refractivity contribution in [3.8, 4) is 0 Å². The van der Waals surface area contributed by atoms with E-state index in [0.29, 0.717) is 28.0 Å². The summed E-state index contributed by atoms with van der Waals surface area (Å²) in [5.74, 6) is -0.726. The topological polar surface area (TPSA) is 111 Å². The van der Waals surface area contributed by atoms with Crippen molar-refractivity contribution >= 4 is 57.8 Å². The molecule has 0 fully saturated rings. The van der Waals surface area contributed by atoms with Crippen molar-refractivity contribution < 1.29 is 23.8 Å². The molecule has 0 aliphatic carbocycles. The zero-order valence-electron chi connectivity index (χ0n) is 18.0. The number of benzene rings is 1. The van der Waals surface area contributed by atoms with Crippen LogP contribution < -0.4 is 5.32 Å². The Labute approximate surface area is 184 Å². The number of hydrogen-bond acceptors (Lipinski definition) is 7. The molecule has 31 heavy (non-hydrogen) atoms. The standard InChI is InChI=1S/C21H23N5O4S/c1-11(2)17-23-18-16(20(29)26(5)21(30)25(18)4)19(24-17)31-10-15(28)22-14-8-6-13(7-9-14)12(3)27/h6-9,11,16H,10H2,1-5H3/p+1. The Kier molecular flexibility index (Phi) is 6.49. The SMILES string of the molecule is CC(=O)c1ccc(NC(=O)CSC2=NC(C(C)C)=NC3=[N+](C)C(=O)N(C)C(=O)C23)cc1. The Hall–Kier alpha value is -3.14. The number of urea groups is 1. The van der Waals surface area contributed by atoms with Crippen molar-refractivity contribution in [2.75, 3.05) is 25.2 Å². The van der Waals surface area contributed by atoms with Gasteiger partial charge in [0, 0.05) is 17.2 Å². The van der Waals surface area contributed by atoms with Crippen LogP contribution in [0.5, 0.6) is 0 Å². The molecule has 0 aromatic heterocycles. The maximum atomic E-state index is 12.8. The van der Waals surface area contributed by atoms with Crippen LogP contribution in [-0.4, -0.2) is 69.7 Å². The molecular formula is C21H24N5O4S+. The van der Waals surface area contributed by atoms with Crippen LogP contribution in [-0.2, 0) is 9.59 Å². The number of nitrogens with zero attached hydrogens (tertiary/aromatic N) is 4. The summed E-state index contributed by atoms with van der Waals surface area (Å²) in [7, 11) is 2.99. The van der Waals surface area contributed by atoms with Gasteiger partial charge in [0.05, 0.1) is 19.8 Å². The normalized spacial score (nSPS) is 18.6. The number of rotatable bonds is 5. The molecule has 162 valence electrons. The first kappa shape index (κ1) is 22.5. The number of fused-ring (bicyclic) bond motifs is 1. The van der Waals surface area contributed by atoms with Crippen molar-refractivity contribution in [1.82, 2.24) is 4.90 Å². The third-order valence-electron chi connectivity index (χ3n) is 4.90. The lowest BCUT2D eigenvalue weighted by Gasteiger charge is -2.26. The van der Waals surface area contributed by atoms with Crippen LogP contribution in [0.25, 0.3) is 0 Å². The molecule has 1 atom stereocenters. The maximum Gasteiger partial charge on any atom is 0.445 e. The predicted molar refractivity (Wildman–Crippen MR) is 120 cm³/mol. The van der Waals surface area contributed by atoms with Gasteiger partial charge in [0.1, 0.15) is 5.04 Å². The molecular weight excluding hydrogens is 418 g/mol. The van der Waals surface area contributed by atoms with Gasteiger partial charge in [-0.1, -0.05) is 30.6 Å². The summed E-state index contributed by atoms with van der Waals surface area (Å²) >= 11 is 1.15. The van der Waals surface area contributed by atoms with Gasteiger partial charge in [-0.05, 0) is 31.2 Å². The van der Waals surface area contributed by atoms with E-state index >= 15 is 0 Å². The Bertz CT molecular complexity index is 1060. The molecule has 4 amide bonds. The Morgan fingerprint density at radius 3 is 2.42 bits per heavy atom. The highest BCUT2D eigenvalue weighted by molar-refractivity contribution is 8.14. The number of nitrogens with one attached hydrogen (secondary N) is 1. The number of carbonyl (C=O) groups is 4. The van der Waals surface area contributed by atoms with Gasteiger partial charge in [-0.25, -0.2) is 9.79 Å². The van der Waals surface area contributed by atoms with E-state index in [4.69, 9.17) is 0 Å². The molecule has 2 aliphatic rings. The quantitative estimate of drug-likeness (QED) is 0.555. The lowest BCUT2D eigenvalue weighted by atomic mass is 10.0. The van der Waals surface area contributed by atoms with Gasteiger partial charge in [-0.2, -0.15) is 9.48 Å². The van der Waals surface area contributed by atoms with Crippen LogP contribution in [0.2, 0.25) is 0 Å². The number of ketones is 1. The smallest absolute Gasteiger partial charge is 0.325 e. The summed E-state index contributed by atoms with van der Waals surface area (Å²) in [4.78, 5) is 59.0. The van der Waals surface area contributed by atoms with E-state index < -0.39 is 17.9 Å². The second-order valence-corrected chi connectivity index (χ2v) is 8.57. The van der Waals surface area contributed by atoms with Crippen LogP contribution in [0.15, 0.2) is 34.3 Å². The molecule has 9 nitrogen and oxygen atoms in total. The fourth-order valence-corrected chi connectivity index (χ4v) is 3.97. The minimum atomic E-state index is -0.817. The number of imide groups is 1. The van der Waals surface area contributed by atoms with E-state index in [2.05, 4.69) is 15.3 Å². The molecule has 0 spiro atoms. The van der Waals surface area contributed by atoms with E-state index in [1.165, 1.54) is 18.5 Å². The van der Waals surface area contributed by atoms with E-state index in [1.54, 1.807) is 31.3 Å². The maximum absolute atomic E-state index is 12.8. The van der Waals surface area contributed by atoms with Gasteiger partial charge in [-0.3, -0.25) is 14.4 Å². The van der Waals surface area contributed by atoms with Gasteiger partial charge < -0.3 is 5.32 Å². The molecule has 1 aromatic carbocycles. The van der Waals surface area contributed by atoms with E-state index in [9.17, 15) is 19.2 Å². The monoisotopic (exact) mass is 442 g/mol. The first-order valence-corrected chi connectivity index (χ1v) is 10.7. The largest absolute Gasteiger partial charge is 0.445 e. The predicted octanol–water partition coefficient (Wildman–Crippen LogP) is 2.28. The van der Waals surface area contributed by atoms with Crippen molar-refractivity contribution in [1.29, 1.82) is 0 Å². The average molecular weight is 443 g/mol. The van der Waals surface area contributed by atoms with Crippen molar-refractivity contribution in [2.24, 2.45) is 21.8 Å². The fourth-order valence-electron chi connectivity index (χ4n) is 3.09. The van der Waals surface area contributed by atoms with Gasteiger partial charge in [0.25, 0.3) is 5.84 Å². The highest BCUT2D eigenvalue weighted by atomic mass is 32.2. The van der Waals surface area contributed by atoms with Crippen LogP contribution in [0.4, 0.5) is 10.5 Å². The van der Waals surface area contributed by atoms with Gasteiger partial charge in [0.2, 0.25) is 11.7 Å². The molecule has 0 radical (unpaired) electrons. The number of thioether (sulfide) groups is 1. The molecule has 0 saturated carbocycles. The van der Waals surface area contributed by atoms with E-state index in [1.807, 2.05) is 13.8 Å². The van der Waals surface area contributed by atoms with Crippen LogP contribution in [0.1, 0.15) is 31.1 Å². The number of hydrogen-bond donors (Lipinski definition) is 1. The van der Waals surface area contributed by atoms with E-state index in [-0.39, 0.29) is 23.4 Å². The highest BCUT2D eigenvalue weighted by Gasteiger charge is 2.49. The van der Waals surface area contributed by atoms with Crippen LogP contribution >= 0.6 is 11.8 Å². The minimum absolute atomic E-state index is 0.0177. The summed E-state index contributed by atoms with van der Waals surface area (Å²) in [5, 5.41) is 3.20. The number of aliphatic imine (C=N–C) groups is 2. The molecule has 3 rings (SSSR count). The summed E-state index contributed by atoms with van der Waals surface area (Å²) in [5.41, 5.74) is 1.13. The molecule has 0 saturated heterocycles. The van der Waals surface area contributed by atoms with Gasteiger partial charge in [0.15, 0.2) is 11.7 Å². The third kappa shape index (κ3) is 4.63. The van der Waals surface area contributed by atoms with Gasteiger partial charge in [-0.15, -0.1) is 0 Å². The molecule has 1 unspecified atom stereocenters. The highest BCUT2D eigenvalue weighted by Crippen LogP contribution is 2.26. The first-order chi connectivity index (χ1) is 14.6. The lowest BCUT2D eigenvalue weighted by molar-refractivity contribution is -0.407. The molecule has 0 bridgehead atoms. The fraction of sp³-hybridized carbons (Fsp3) is 0.381. The average Bonchev–Trinajstić information content (AvgIpc) is 2.74. The Morgan fingerprint density at radius 1 is 1.19 bits per heavy atom. The van der Waals surface area contributed by atoms with E-state index in [0.717, 1.165) is 16.7 Å². The van der Waals surface area contributed by atoms with Crippen molar-refractivity contribution in [3.05, 3.63) is 29.8 Å². The molecule has 2 aliphatic heterocycles. The van der Waals surface area contributed by atoms with Crippen LogP contribution in [0, 0.1) is 11.8 Å². The molecule has 10 heteroatoms. The second kappa shape index (κ2) is 8.93.